The van der Waals surface area contributed by atoms with Crippen molar-refractivity contribution in [3.63, 3.8) is 0 Å². The Balaban J connectivity index is 1.20. The van der Waals surface area contributed by atoms with Gasteiger partial charge in [0.05, 0.1) is 56.7 Å². The first kappa shape index (κ1) is 25.4. The normalized spacial score (nSPS) is 12.5. The molecule has 0 saturated heterocycles. The maximum absolute atomic E-state index is 5.19. The Kier molecular flexibility index (Phi) is 4.66. The summed E-state index contributed by atoms with van der Waals surface area (Å²) in [5.41, 5.74) is 9.29. The molecule has 5 nitrogen and oxygen atoms in total. The summed E-state index contributed by atoms with van der Waals surface area (Å²) in [5.74, 6) is 0.890. The van der Waals surface area contributed by atoms with E-state index >= 15 is 0 Å². The molecule has 6 aromatic heterocycles. The van der Waals surface area contributed by atoms with Gasteiger partial charge in [-0.25, -0.2) is 4.98 Å². The fourth-order valence-corrected chi connectivity index (χ4v) is 8.68. The summed E-state index contributed by atoms with van der Waals surface area (Å²) in [5, 5.41) is 12.5. The summed E-state index contributed by atoms with van der Waals surface area (Å²) >= 11 is 0. The van der Waals surface area contributed by atoms with Crippen LogP contribution in [0.2, 0.25) is 0 Å². The molecule has 49 heavy (non-hydrogen) atoms. The van der Waals surface area contributed by atoms with Gasteiger partial charge in [-0.15, -0.1) is 0 Å². The Morgan fingerprint density at radius 3 is 1.88 bits per heavy atom. The SMILES string of the molecule is c1ccc2cc3c(cc2c1)c1c2c4ccccc4n(-c4ccc(-n5c6ccccc6c6ccncc65)cn4)c2cc2c4ccccc4n3c21. The molecule has 0 aliphatic heterocycles. The van der Waals surface area contributed by atoms with Crippen molar-refractivity contribution in [3.8, 4) is 11.5 Å². The van der Waals surface area contributed by atoms with Crippen LogP contribution in [-0.2, 0) is 0 Å². The highest BCUT2D eigenvalue weighted by Crippen LogP contribution is 2.47. The molecule has 0 saturated carbocycles. The molecule has 0 aliphatic carbocycles. The Hall–Kier alpha value is -6.72. The van der Waals surface area contributed by atoms with E-state index in [0.29, 0.717) is 0 Å². The highest BCUT2D eigenvalue weighted by molar-refractivity contribution is 6.36. The zero-order valence-electron chi connectivity index (χ0n) is 26.2. The van der Waals surface area contributed by atoms with Crippen LogP contribution in [0.25, 0.3) is 104 Å². The minimum Gasteiger partial charge on any atom is -0.308 e. The molecule has 0 unspecified atom stereocenters. The molecule has 12 rings (SSSR count). The third-order valence-electron chi connectivity index (χ3n) is 10.7. The molecule has 0 aliphatic rings. The van der Waals surface area contributed by atoms with Gasteiger partial charge in [-0.2, -0.15) is 0 Å². The van der Waals surface area contributed by atoms with E-state index in [1.54, 1.807) is 0 Å². The lowest BCUT2D eigenvalue weighted by Gasteiger charge is -2.11. The molecule has 0 spiro atoms. The standard InChI is InChI=1S/C44H25N5/c1-2-10-27-22-38-34(21-26(27)9-1)43-42-32-13-5-8-16-37(32)48(39(42)23-33-30-12-4-7-15-36(30)49(38)44(33)43)41-18-17-28(24-46-41)47-35-14-6-3-11-29(35)31-19-20-45-25-40(31)47/h1-25H. The lowest BCUT2D eigenvalue weighted by molar-refractivity contribution is 1.05. The maximum atomic E-state index is 5.19. The van der Waals surface area contributed by atoms with Crippen molar-refractivity contribution < 1.29 is 0 Å². The quantitative estimate of drug-likeness (QED) is 0.192. The van der Waals surface area contributed by atoms with Gasteiger partial charge in [0, 0.05) is 49.3 Å². The van der Waals surface area contributed by atoms with Gasteiger partial charge in [0.1, 0.15) is 5.82 Å². The van der Waals surface area contributed by atoms with Crippen molar-refractivity contribution in [2.45, 2.75) is 0 Å². The number of rotatable bonds is 2. The largest absolute Gasteiger partial charge is 0.308 e. The summed E-state index contributed by atoms with van der Waals surface area (Å²) in [7, 11) is 0. The van der Waals surface area contributed by atoms with Crippen molar-refractivity contribution in [2.24, 2.45) is 0 Å². The van der Waals surface area contributed by atoms with Crippen molar-refractivity contribution in [2.75, 3.05) is 0 Å². The van der Waals surface area contributed by atoms with Gasteiger partial charge >= 0.3 is 0 Å². The van der Waals surface area contributed by atoms with E-state index in [1.165, 1.54) is 70.4 Å². The molecular formula is C44H25N5. The summed E-state index contributed by atoms with van der Waals surface area (Å²) in [6.45, 7) is 0. The minimum absolute atomic E-state index is 0.890. The molecule has 6 aromatic carbocycles. The van der Waals surface area contributed by atoms with E-state index in [0.717, 1.165) is 33.6 Å². The topological polar surface area (TPSA) is 40.0 Å². The predicted molar refractivity (Wildman–Crippen MR) is 203 cm³/mol. The average molecular weight is 624 g/mol. The lowest BCUT2D eigenvalue weighted by atomic mass is 10.0. The highest BCUT2D eigenvalue weighted by atomic mass is 15.1. The fraction of sp³-hybridized carbons (Fsp3) is 0. The number of nitrogens with zero attached hydrogens (tertiary/aromatic N) is 5. The predicted octanol–water partition coefficient (Wildman–Crippen LogP) is 11.0. The van der Waals surface area contributed by atoms with Crippen molar-refractivity contribution in [1.82, 2.24) is 23.5 Å². The van der Waals surface area contributed by atoms with Gasteiger partial charge in [0.15, 0.2) is 0 Å². The Labute approximate surface area is 278 Å². The first-order valence-electron chi connectivity index (χ1n) is 16.7. The van der Waals surface area contributed by atoms with Crippen LogP contribution >= 0.6 is 0 Å². The van der Waals surface area contributed by atoms with Gasteiger partial charge in [-0.05, 0) is 65.4 Å². The van der Waals surface area contributed by atoms with E-state index in [2.05, 4.69) is 152 Å². The summed E-state index contributed by atoms with van der Waals surface area (Å²) in [6, 6.07) is 48.4. The number of aromatic nitrogens is 5. The number of para-hydroxylation sites is 3. The Morgan fingerprint density at radius 1 is 0.408 bits per heavy atom. The second kappa shape index (κ2) is 9.00. The molecule has 5 heteroatoms. The number of benzene rings is 6. The number of hydrogen-bond acceptors (Lipinski definition) is 2. The van der Waals surface area contributed by atoms with Gasteiger partial charge in [-0.3, -0.25) is 9.55 Å². The summed E-state index contributed by atoms with van der Waals surface area (Å²) < 4.78 is 7.10. The summed E-state index contributed by atoms with van der Waals surface area (Å²) in [6.07, 6.45) is 5.81. The zero-order chi connectivity index (χ0) is 31.8. The van der Waals surface area contributed by atoms with Crippen molar-refractivity contribution >= 4 is 92.5 Å². The highest BCUT2D eigenvalue weighted by Gasteiger charge is 2.24. The molecule has 0 bridgehead atoms. The van der Waals surface area contributed by atoms with Gasteiger partial charge in [-0.1, -0.05) is 78.9 Å². The van der Waals surface area contributed by atoms with Gasteiger partial charge < -0.3 is 8.97 Å². The van der Waals surface area contributed by atoms with Crippen LogP contribution in [0.4, 0.5) is 0 Å². The number of hydrogen-bond donors (Lipinski definition) is 0. The van der Waals surface area contributed by atoms with Crippen molar-refractivity contribution in [1.29, 1.82) is 0 Å². The van der Waals surface area contributed by atoms with Crippen molar-refractivity contribution in [3.05, 3.63) is 152 Å². The fourth-order valence-electron chi connectivity index (χ4n) is 8.68. The smallest absolute Gasteiger partial charge is 0.137 e. The average Bonchev–Trinajstić information content (AvgIpc) is 3.88. The molecule has 0 radical (unpaired) electrons. The van der Waals surface area contributed by atoms with Crippen LogP contribution in [0.1, 0.15) is 0 Å². The lowest BCUT2D eigenvalue weighted by Crippen LogP contribution is -2.00. The van der Waals surface area contributed by atoms with E-state index in [1.807, 2.05) is 18.6 Å². The second-order valence-electron chi connectivity index (χ2n) is 13.1. The molecule has 0 N–H and O–H groups in total. The van der Waals surface area contributed by atoms with E-state index < -0.39 is 0 Å². The van der Waals surface area contributed by atoms with Crippen LogP contribution in [0.15, 0.2) is 152 Å². The molecule has 0 amide bonds. The van der Waals surface area contributed by atoms with Gasteiger partial charge in [0.25, 0.3) is 0 Å². The minimum atomic E-state index is 0.890. The first-order chi connectivity index (χ1) is 24.3. The molecule has 0 atom stereocenters. The monoisotopic (exact) mass is 623 g/mol. The van der Waals surface area contributed by atoms with Gasteiger partial charge in [0.2, 0.25) is 0 Å². The summed E-state index contributed by atoms with van der Waals surface area (Å²) in [4.78, 5) is 9.66. The third kappa shape index (κ3) is 3.15. The van der Waals surface area contributed by atoms with Crippen LogP contribution in [0.3, 0.4) is 0 Å². The molecule has 0 fully saturated rings. The molecular weight excluding hydrogens is 599 g/mol. The Bertz CT molecular complexity index is 3270. The van der Waals surface area contributed by atoms with Crippen LogP contribution < -0.4 is 0 Å². The number of pyridine rings is 2. The van der Waals surface area contributed by atoms with E-state index in [9.17, 15) is 0 Å². The second-order valence-corrected chi connectivity index (χ2v) is 13.1. The molecule has 12 aromatic rings. The van der Waals surface area contributed by atoms with Crippen LogP contribution in [0.5, 0.6) is 0 Å². The van der Waals surface area contributed by atoms with Crippen LogP contribution in [0, 0.1) is 0 Å². The van der Waals surface area contributed by atoms with E-state index in [-0.39, 0.29) is 0 Å². The third-order valence-corrected chi connectivity index (χ3v) is 10.7. The molecule has 6 heterocycles. The molecule has 226 valence electrons. The Morgan fingerprint density at radius 2 is 1.08 bits per heavy atom. The number of fused-ring (bicyclic) bond motifs is 14. The van der Waals surface area contributed by atoms with Crippen LogP contribution in [-0.4, -0.2) is 23.5 Å². The maximum Gasteiger partial charge on any atom is 0.137 e. The zero-order valence-corrected chi connectivity index (χ0v) is 26.2. The first-order valence-corrected chi connectivity index (χ1v) is 16.7. The van der Waals surface area contributed by atoms with E-state index in [4.69, 9.17) is 4.98 Å².